The lowest BCUT2D eigenvalue weighted by Crippen LogP contribution is -2.41. The average molecular weight is 182 g/mol. The van der Waals surface area contributed by atoms with Gasteiger partial charge in [0.25, 0.3) is 0 Å². The lowest BCUT2D eigenvalue weighted by molar-refractivity contribution is -0.150. The molecule has 3 saturated carbocycles. The molecule has 0 spiro atoms. The van der Waals surface area contributed by atoms with E-state index in [0.717, 1.165) is 12.8 Å². The Morgan fingerprint density at radius 2 is 2.23 bits per heavy atom. The van der Waals surface area contributed by atoms with Gasteiger partial charge in [0.2, 0.25) is 0 Å². The van der Waals surface area contributed by atoms with E-state index in [1.807, 2.05) is 0 Å². The van der Waals surface area contributed by atoms with Crippen LogP contribution in [0.2, 0.25) is 0 Å². The van der Waals surface area contributed by atoms with Crippen LogP contribution < -0.4 is 0 Å². The van der Waals surface area contributed by atoms with Gasteiger partial charge in [-0.2, -0.15) is 0 Å². The van der Waals surface area contributed by atoms with Crippen LogP contribution in [-0.4, -0.2) is 25.3 Å². The summed E-state index contributed by atoms with van der Waals surface area (Å²) in [6.07, 6.45) is 4.31. The van der Waals surface area contributed by atoms with E-state index in [1.54, 1.807) is 0 Å². The first-order valence-electron chi connectivity index (χ1n) is 5.04. The Morgan fingerprint density at radius 1 is 1.38 bits per heavy atom. The largest absolute Gasteiger partial charge is 0.469 e. The highest BCUT2D eigenvalue weighted by atomic mass is 16.6. The Hall–Kier alpha value is -0.570. The van der Waals surface area contributed by atoms with E-state index in [9.17, 15) is 4.79 Å². The number of carbonyl (C=O) groups excluding carboxylic acids is 1. The molecule has 3 aliphatic carbocycles. The zero-order valence-electron chi connectivity index (χ0n) is 7.73. The number of hydrogen-bond donors (Lipinski definition) is 0. The van der Waals surface area contributed by atoms with Crippen molar-refractivity contribution in [1.82, 2.24) is 0 Å². The molecule has 1 heterocycles. The van der Waals surface area contributed by atoms with Crippen LogP contribution in [0.3, 0.4) is 0 Å². The Bertz CT molecular complexity index is 251. The van der Waals surface area contributed by atoms with E-state index >= 15 is 0 Å². The first kappa shape index (κ1) is 7.80. The van der Waals surface area contributed by atoms with E-state index in [-0.39, 0.29) is 11.9 Å². The summed E-state index contributed by atoms with van der Waals surface area (Å²) in [7, 11) is 1.48. The molecule has 0 radical (unpaired) electrons. The minimum absolute atomic E-state index is 0.0244. The standard InChI is InChI=1S/C10H14O3/c1-12-10(11)7-4-5-2-3-6(7)9-8(5)13-9/h5-9H,2-4H2,1H3/t5-,6+,7-,8+,9-/m0/s1. The normalized spacial score (nSPS) is 51.3. The van der Waals surface area contributed by atoms with Gasteiger partial charge in [0.15, 0.2) is 0 Å². The van der Waals surface area contributed by atoms with Gasteiger partial charge in [-0.25, -0.2) is 0 Å². The molecular weight excluding hydrogens is 168 g/mol. The number of esters is 1. The third-order valence-corrected chi connectivity index (χ3v) is 3.90. The molecule has 1 aliphatic heterocycles. The fourth-order valence-corrected chi connectivity index (χ4v) is 3.20. The van der Waals surface area contributed by atoms with E-state index in [0.29, 0.717) is 24.0 Å². The Labute approximate surface area is 77.4 Å². The number of fused-ring (bicyclic) bond motifs is 2. The van der Waals surface area contributed by atoms with Gasteiger partial charge < -0.3 is 9.47 Å². The molecule has 4 fully saturated rings. The highest BCUT2D eigenvalue weighted by Crippen LogP contribution is 2.55. The number of hydrogen-bond acceptors (Lipinski definition) is 3. The van der Waals surface area contributed by atoms with Gasteiger partial charge >= 0.3 is 5.97 Å². The maximum atomic E-state index is 11.4. The predicted octanol–water partition coefficient (Wildman–Crippen LogP) is 0.973. The molecule has 4 rings (SSSR count). The molecule has 0 N–H and O–H groups in total. The second-order valence-electron chi connectivity index (χ2n) is 4.43. The molecule has 2 bridgehead atoms. The first-order chi connectivity index (χ1) is 6.31. The first-order valence-corrected chi connectivity index (χ1v) is 5.04. The number of ether oxygens (including phenoxy) is 2. The van der Waals surface area contributed by atoms with Gasteiger partial charge in [0.05, 0.1) is 25.2 Å². The van der Waals surface area contributed by atoms with E-state index in [2.05, 4.69) is 0 Å². The monoisotopic (exact) mass is 182 g/mol. The van der Waals surface area contributed by atoms with Crippen LogP contribution in [0.1, 0.15) is 19.3 Å². The maximum Gasteiger partial charge on any atom is 0.309 e. The van der Waals surface area contributed by atoms with Crippen LogP contribution in [0, 0.1) is 17.8 Å². The van der Waals surface area contributed by atoms with Crippen molar-refractivity contribution in [2.24, 2.45) is 17.8 Å². The number of epoxide rings is 1. The lowest BCUT2D eigenvalue weighted by atomic mass is 9.65. The predicted molar refractivity (Wildman–Crippen MR) is 45.0 cm³/mol. The minimum atomic E-state index is -0.0244. The van der Waals surface area contributed by atoms with Gasteiger partial charge in [-0.15, -0.1) is 0 Å². The Balaban J connectivity index is 1.81. The lowest BCUT2D eigenvalue weighted by Gasteiger charge is -2.37. The van der Waals surface area contributed by atoms with E-state index < -0.39 is 0 Å². The second kappa shape index (κ2) is 2.47. The highest BCUT2D eigenvalue weighted by Gasteiger charge is 2.60. The molecule has 4 aliphatic rings. The summed E-state index contributed by atoms with van der Waals surface area (Å²) < 4.78 is 10.4. The summed E-state index contributed by atoms with van der Waals surface area (Å²) >= 11 is 0. The molecule has 0 aromatic carbocycles. The van der Waals surface area contributed by atoms with Gasteiger partial charge in [-0.1, -0.05) is 0 Å². The molecule has 13 heavy (non-hydrogen) atoms. The summed E-state index contributed by atoms with van der Waals surface area (Å²) in [5.74, 6) is 1.21. The fourth-order valence-electron chi connectivity index (χ4n) is 3.20. The van der Waals surface area contributed by atoms with Crippen LogP contribution >= 0.6 is 0 Å². The molecule has 0 aromatic rings. The van der Waals surface area contributed by atoms with Crippen molar-refractivity contribution in [1.29, 1.82) is 0 Å². The fraction of sp³-hybridized carbons (Fsp3) is 0.900. The van der Waals surface area contributed by atoms with Gasteiger partial charge in [-0.05, 0) is 25.2 Å². The third kappa shape index (κ3) is 0.966. The van der Waals surface area contributed by atoms with E-state index in [1.165, 1.54) is 13.5 Å². The van der Waals surface area contributed by atoms with Crippen LogP contribution in [0.15, 0.2) is 0 Å². The molecule has 1 saturated heterocycles. The summed E-state index contributed by atoms with van der Waals surface area (Å²) in [6, 6.07) is 0. The second-order valence-corrected chi connectivity index (χ2v) is 4.43. The van der Waals surface area contributed by atoms with E-state index in [4.69, 9.17) is 9.47 Å². The smallest absolute Gasteiger partial charge is 0.309 e. The topological polar surface area (TPSA) is 38.8 Å². The molecule has 0 unspecified atom stereocenters. The minimum Gasteiger partial charge on any atom is -0.469 e. The molecule has 3 heteroatoms. The molecule has 3 nitrogen and oxygen atoms in total. The molecule has 5 atom stereocenters. The van der Waals surface area contributed by atoms with Gasteiger partial charge in [0.1, 0.15) is 0 Å². The van der Waals surface area contributed by atoms with Crippen LogP contribution in [0.4, 0.5) is 0 Å². The zero-order chi connectivity index (χ0) is 9.00. The van der Waals surface area contributed by atoms with Gasteiger partial charge in [0, 0.05) is 5.92 Å². The van der Waals surface area contributed by atoms with Crippen molar-refractivity contribution in [3.05, 3.63) is 0 Å². The van der Waals surface area contributed by atoms with Crippen LogP contribution in [0.25, 0.3) is 0 Å². The Morgan fingerprint density at radius 3 is 2.92 bits per heavy atom. The number of methoxy groups -OCH3 is 1. The van der Waals surface area contributed by atoms with Crippen LogP contribution in [-0.2, 0) is 14.3 Å². The molecule has 72 valence electrons. The quantitative estimate of drug-likeness (QED) is 0.448. The maximum absolute atomic E-state index is 11.4. The zero-order valence-corrected chi connectivity index (χ0v) is 7.73. The average Bonchev–Trinajstić information content (AvgIpc) is 2.97. The number of carbonyl (C=O) groups is 1. The molecular formula is C10H14O3. The van der Waals surface area contributed by atoms with Crippen molar-refractivity contribution in [2.45, 2.75) is 31.5 Å². The SMILES string of the molecule is COC(=O)[C@H]1C[C@@H]2CC[C@H]1[C@@H]1O[C@H]21. The third-order valence-electron chi connectivity index (χ3n) is 3.90. The van der Waals surface area contributed by atoms with Crippen molar-refractivity contribution in [2.75, 3.05) is 7.11 Å². The summed E-state index contributed by atoms with van der Waals surface area (Å²) in [5, 5.41) is 0. The van der Waals surface area contributed by atoms with Crippen molar-refractivity contribution in [3.63, 3.8) is 0 Å². The number of rotatable bonds is 1. The summed E-state index contributed by atoms with van der Waals surface area (Å²) in [5.41, 5.74) is 0. The highest BCUT2D eigenvalue weighted by molar-refractivity contribution is 5.73. The summed E-state index contributed by atoms with van der Waals surface area (Å²) in [6.45, 7) is 0. The Kier molecular flexibility index (Phi) is 1.48. The van der Waals surface area contributed by atoms with Crippen molar-refractivity contribution in [3.8, 4) is 0 Å². The van der Waals surface area contributed by atoms with Crippen molar-refractivity contribution < 1.29 is 14.3 Å². The van der Waals surface area contributed by atoms with Gasteiger partial charge in [-0.3, -0.25) is 4.79 Å². The van der Waals surface area contributed by atoms with Crippen molar-refractivity contribution >= 4 is 5.97 Å². The molecule has 0 amide bonds. The van der Waals surface area contributed by atoms with Crippen LogP contribution in [0.5, 0.6) is 0 Å². The summed E-state index contributed by atoms with van der Waals surface area (Å²) in [4.78, 5) is 11.4. The molecule has 0 aromatic heterocycles.